The molecule has 0 saturated heterocycles. The van der Waals surface area contributed by atoms with Gasteiger partial charge in [-0.3, -0.25) is 0 Å². The number of nitrogens with zero attached hydrogens (tertiary/aromatic N) is 2. The summed E-state index contributed by atoms with van der Waals surface area (Å²) in [6.07, 6.45) is 1.31. The van der Waals surface area contributed by atoms with Crippen LogP contribution < -0.4 is 5.32 Å². The Morgan fingerprint density at radius 1 is 1.05 bits per heavy atom. The normalized spacial score (nSPS) is 10.3. The van der Waals surface area contributed by atoms with Crippen molar-refractivity contribution in [2.24, 2.45) is 0 Å². The van der Waals surface area contributed by atoms with E-state index >= 15 is 0 Å². The lowest BCUT2D eigenvalue weighted by atomic mass is 10.2. The lowest BCUT2D eigenvalue weighted by Gasteiger charge is -2.09. The van der Waals surface area contributed by atoms with Crippen molar-refractivity contribution in [3.05, 3.63) is 47.5 Å². The molecule has 0 radical (unpaired) electrons. The number of fused-ring (bicyclic) bond motifs is 1. The number of halogens is 3. The van der Waals surface area contributed by atoms with Gasteiger partial charge in [0.1, 0.15) is 18.0 Å². The van der Waals surface area contributed by atoms with Gasteiger partial charge in [-0.1, -0.05) is 11.6 Å². The van der Waals surface area contributed by atoms with E-state index < -0.39 is 5.82 Å². The van der Waals surface area contributed by atoms with Crippen LogP contribution in [0.15, 0.2) is 36.7 Å². The summed E-state index contributed by atoms with van der Waals surface area (Å²) in [6.45, 7) is 0. The monoisotopic (exact) mass is 341 g/mol. The van der Waals surface area contributed by atoms with Crippen LogP contribution >= 0.6 is 24.0 Å². The maximum atomic E-state index is 13.1. The fourth-order valence-electron chi connectivity index (χ4n) is 1.89. The van der Waals surface area contributed by atoms with Gasteiger partial charge in [-0.25, -0.2) is 14.4 Å². The summed E-state index contributed by atoms with van der Waals surface area (Å²) >= 11 is 5.72. The van der Waals surface area contributed by atoms with E-state index in [4.69, 9.17) is 11.6 Å². The number of anilines is 2. The molecule has 3 rings (SSSR count). The Morgan fingerprint density at radius 2 is 1.77 bits per heavy atom. The molecule has 0 aliphatic heterocycles. The Labute approximate surface area is 135 Å². The average molecular weight is 342 g/mol. The third-order valence-electron chi connectivity index (χ3n) is 2.91. The van der Waals surface area contributed by atoms with E-state index in [0.717, 1.165) is 0 Å². The highest BCUT2D eigenvalue weighted by atomic mass is 35.5. The van der Waals surface area contributed by atoms with Gasteiger partial charge in [-0.2, -0.15) is 0 Å². The van der Waals surface area contributed by atoms with Crippen molar-refractivity contribution < 1.29 is 14.6 Å². The van der Waals surface area contributed by atoms with Crippen molar-refractivity contribution in [1.82, 2.24) is 9.97 Å². The molecule has 0 aliphatic rings. The van der Waals surface area contributed by atoms with Crippen LogP contribution in [0.3, 0.4) is 0 Å². The first-order valence-electron chi connectivity index (χ1n) is 5.93. The molecule has 0 atom stereocenters. The first kappa shape index (κ1) is 16.1. The molecule has 8 heteroatoms. The number of hydrogen-bond donors (Lipinski definition) is 3. The third-order valence-corrected chi connectivity index (χ3v) is 3.20. The molecule has 0 bridgehead atoms. The van der Waals surface area contributed by atoms with Crippen LogP contribution in [0, 0.1) is 5.82 Å². The van der Waals surface area contributed by atoms with Crippen molar-refractivity contribution in [1.29, 1.82) is 0 Å². The molecule has 2 aromatic carbocycles. The zero-order valence-corrected chi connectivity index (χ0v) is 12.5. The van der Waals surface area contributed by atoms with Gasteiger partial charge >= 0.3 is 0 Å². The minimum Gasteiger partial charge on any atom is -0.504 e. The van der Waals surface area contributed by atoms with E-state index in [1.54, 1.807) is 0 Å². The highest BCUT2D eigenvalue weighted by molar-refractivity contribution is 6.31. The molecular formula is C14H10Cl2FN3O2. The fourth-order valence-corrected chi connectivity index (χ4v) is 2.07. The molecule has 0 amide bonds. The van der Waals surface area contributed by atoms with Crippen LogP contribution in [-0.2, 0) is 0 Å². The number of aromatic hydroxyl groups is 2. The van der Waals surface area contributed by atoms with E-state index in [1.807, 2.05) is 0 Å². The van der Waals surface area contributed by atoms with E-state index in [0.29, 0.717) is 22.4 Å². The number of phenolic OH excluding ortho intramolecular Hbond substituents is 2. The van der Waals surface area contributed by atoms with Gasteiger partial charge < -0.3 is 15.5 Å². The molecule has 0 spiro atoms. The Hall–Kier alpha value is -2.31. The molecule has 1 heterocycles. The lowest BCUT2D eigenvalue weighted by molar-refractivity contribution is 0.405. The first-order chi connectivity index (χ1) is 10.0. The molecular weight excluding hydrogens is 332 g/mol. The maximum absolute atomic E-state index is 13.1. The Kier molecular flexibility index (Phi) is 4.54. The van der Waals surface area contributed by atoms with Gasteiger partial charge in [0, 0.05) is 17.1 Å². The second-order valence-corrected chi connectivity index (χ2v) is 4.74. The summed E-state index contributed by atoms with van der Waals surface area (Å²) in [4.78, 5) is 8.08. The highest BCUT2D eigenvalue weighted by Crippen LogP contribution is 2.33. The van der Waals surface area contributed by atoms with Gasteiger partial charge in [-0.05, 0) is 24.3 Å². The number of nitrogens with one attached hydrogen (secondary N) is 1. The minimum absolute atomic E-state index is 0. The standard InChI is InChI=1S/C14H9ClFN3O2.ClH/c15-9-3-7(1-2-10(9)16)19-14-8-4-12(20)13(21)5-11(8)17-6-18-14;/h1-6,20-21H,(H,17,18,19);1H. The summed E-state index contributed by atoms with van der Waals surface area (Å²) in [5.41, 5.74) is 0.991. The van der Waals surface area contributed by atoms with Crippen molar-refractivity contribution in [3.8, 4) is 11.5 Å². The zero-order valence-electron chi connectivity index (χ0n) is 10.9. The number of rotatable bonds is 2. The second-order valence-electron chi connectivity index (χ2n) is 4.33. The maximum Gasteiger partial charge on any atom is 0.159 e. The summed E-state index contributed by atoms with van der Waals surface area (Å²) < 4.78 is 13.1. The predicted octanol–water partition coefficient (Wildman–Crippen LogP) is 4.00. The topological polar surface area (TPSA) is 78.3 Å². The summed E-state index contributed by atoms with van der Waals surface area (Å²) in [7, 11) is 0. The summed E-state index contributed by atoms with van der Waals surface area (Å²) in [5.74, 6) is -0.662. The van der Waals surface area contributed by atoms with E-state index in [2.05, 4.69) is 15.3 Å². The largest absolute Gasteiger partial charge is 0.504 e. The quantitative estimate of drug-likeness (QED) is 0.614. The minimum atomic E-state index is -0.516. The van der Waals surface area contributed by atoms with Crippen LogP contribution in [0.5, 0.6) is 11.5 Å². The molecule has 0 saturated carbocycles. The van der Waals surface area contributed by atoms with E-state index in [-0.39, 0.29) is 28.9 Å². The van der Waals surface area contributed by atoms with E-state index in [1.165, 1.54) is 36.7 Å². The predicted molar refractivity (Wildman–Crippen MR) is 84.8 cm³/mol. The van der Waals surface area contributed by atoms with Crippen LogP contribution in [0.2, 0.25) is 5.02 Å². The summed E-state index contributed by atoms with van der Waals surface area (Å²) in [6, 6.07) is 6.84. The molecule has 22 heavy (non-hydrogen) atoms. The van der Waals surface area contributed by atoms with Gasteiger partial charge in [0.15, 0.2) is 11.5 Å². The Morgan fingerprint density at radius 3 is 2.50 bits per heavy atom. The molecule has 3 aromatic rings. The Balaban J connectivity index is 0.00000176. The smallest absolute Gasteiger partial charge is 0.159 e. The molecule has 114 valence electrons. The molecule has 0 unspecified atom stereocenters. The number of benzene rings is 2. The van der Waals surface area contributed by atoms with Crippen LogP contribution in [0.1, 0.15) is 0 Å². The number of aromatic nitrogens is 2. The van der Waals surface area contributed by atoms with Gasteiger partial charge in [0.25, 0.3) is 0 Å². The van der Waals surface area contributed by atoms with Crippen LogP contribution in [0.25, 0.3) is 10.9 Å². The summed E-state index contributed by atoms with van der Waals surface area (Å²) in [5, 5.41) is 22.5. The first-order valence-corrected chi connectivity index (χ1v) is 6.31. The van der Waals surface area contributed by atoms with Crippen molar-refractivity contribution >= 4 is 46.4 Å². The molecule has 0 aliphatic carbocycles. The van der Waals surface area contributed by atoms with Gasteiger partial charge in [0.05, 0.1) is 10.5 Å². The number of phenols is 2. The molecule has 5 nitrogen and oxygen atoms in total. The SMILES string of the molecule is Cl.Oc1cc2ncnc(Nc3ccc(F)c(Cl)c3)c2cc1O. The lowest BCUT2D eigenvalue weighted by Crippen LogP contribution is -1.96. The molecule has 3 N–H and O–H groups in total. The van der Waals surface area contributed by atoms with Crippen molar-refractivity contribution in [3.63, 3.8) is 0 Å². The van der Waals surface area contributed by atoms with Crippen LogP contribution in [0.4, 0.5) is 15.9 Å². The highest BCUT2D eigenvalue weighted by Gasteiger charge is 2.09. The van der Waals surface area contributed by atoms with Gasteiger partial charge in [-0.15, -0.1) is 12.4 Å². The molecule has 1 aromatic heterocycles. The third kappa shape index (κ3) is 2.98. The average Bonchev–Trinajstić information content (AvgIpc) is 2.45. The fraction of sp³-hybridized carbons (Fsp3) is 0. The van der Waals surface area contributed by atoms with Gasteiger partial charge in [0.2, 0.25) is 0 Å². The van der Waals surface area contributed by atoms with Crippen molar-refractivity contribution in [2.45, 2.75) is 0 Å². The van der Waals surface area contributed by atoms with E-state index in [9.17, 15) is 14.6 Å². The Bertz CT molecular complexity index is 846. The molecule has 0 fully saturated rings. The number of hydrogen-bond acceptors (Lipinski definition) is 5. The van der Waals surface area contributed by atoms with Crippen LogP contribution in [-0.4, -0.2) is 20.2 Å². The second kappa shape index (κ2) is 6.21. The zero-order chi connectivity index (χ0) is 15.0. The van der Waals surface area contributed by atoms with Crippen molar-refractivity contribution in [2.75, 3.05) is 5.32 Å².